The molecule has 0 saturated heterocycles. The highest BCUT2D eigenvalue weighted by molar-refractivity contribution is 8.15. The van der Waals surface area contributed by atoms with Gasteiger partial charge in [-0.05, 0) is 6.16 Å². The zero-order chi connectivity index (χ0) is 5.11. The molecule has 0 N–H and O–H groups in total. The molecule has 1 rings (SSSR count). The third-order valence-electron chi connectivity index (χ3n) is 0.841. The monoisotopic (exact) mass is 130 g/mol. The fourth-order valence-electron chi connectivity index (χ4n) is 0.482. The van der Waals surface area contributed by atoms with Crippen LogP contribution in [-0.2, 0) is 0 Å². The van der Waals surface area contributed by atoms with Crippen LogP contribution < -0.4 is 0 Å². The predicted octanol–water partition coefficient (Wildman–Crippen LogP) is 2.34. The van der Waals surface area contributed by atoms with Crippen molar-refractivity contribution >= 4 is 16.5 Å². The summed E-state index contributed by atoms with van der Waals surface area (Å²) in [5, 5.41) is 0. The predicted molar refractivity (Wildman–Crippen MR) is 39.8 cm³/mol. The molecule has 0 aliphatic carbocycles. The Hall–Kier alpha value is 0.340. The molecule has 1 aliphatic rings. The molecule has 0 fully saturated rings. The number of rotatable bonds is 0. The summed E-state index contributed by atoms with van der Waals surface area (Å²) in [6, 6.07) is 0. The molecule has 0 aromatic heterocycles. The molecule has 0 saturated carbocycles. The lowest BCUT2D eigenvalue weighted by molar-refractivity contribution is 1.72. The summed E-state index contributed by atoms with van der Waals surface area (Å²) >= 11 is 0. The van der Waals surface area contributed by atoms with E-state index >= 15 is 0 Å². The Morgan fingerprint density at radius 2 is 2.29 bits per heavy atom. The largest absolute Gasteiger partial charge is 0.107 e. The highest BCUT2D eigenvalue weighted by atomic mass is 32.0. The second-order valence-electron chi connectivity index (χ2n) is 1.47. The van der Waals surface area contributed by atoms with Crippen molar-refractivity contribution in [3.05, 3.63) is 24.0 Å². The maximum Gasteiger partial charge on any atom is -0.00728 e. The van der Waals surface area contributed by atoms with Crippen LogP contribution in [-0.4, -0.2) is 6.16 Å². The normalized spacial score (nSPS) is 28.4. The first kappa shape index (κ1) is 5.48. The van der Waals surface area contributed by atoms with Crippen LogP contribution in [0.15, 0.2) is 24.0 Å². The lowest BCUT2D eigenvalue weighted by atomic mass is 10.5. The molecule has 0 amide bonds. The Balaban J connectivity index is 2.49. The van der Waals surface area contributed by atoms with E-state index in [2.05, 4.69) is 33.0 Å². The maximum atomic E-state index is 2.83. The van der Waals surface area contributed by atoms with Crippen LogP contribution in [0.3, 0.4) is 0 Å². The van der Waals surface area contributed by atoms with Gasteiger partial charge in [0.05, 0.1) is 0 Å². The molecule has 0 aromatic carbocycles. The molecule has 0 radical (unpaired) electrons. The summed E-state index contributed by atoms with van der Waals surface area (Å²) in [6.07, 6.45) is 7.67. The zero-order valence-electron chi connectivity index (χ0n) is 4.04. The summed E-state index contributed by atoms with van der Waals surface area (Å²) in [7, 11) is 2.99. The fraction of sp³-hybridized carbons (Fsp3) is 0.200. The molecule has 0 aromatic rings. The molecule has 2 unspecified atom stereocenters. The molecule has 38 valence electrons. The van der Waals surface area contributed by atoms with Gasteiger partial charge < -0.3 is 0 Å². The number of hydrogen-bond acceptors (Lipinski definition) is 0. The van der Waals surface area contributed by atoms with Crippen molar-refractivity contribution < 1.29 is 0 Å². The number of allylic oxidation sites excluding steroid dienone is 3. The van der Waals surface area contributed by atoms with E-state index < -0.39 is 0 Å². The van der Waals surface area contributed by atoms with E-state index in [0.717, 1.165) is 0 Å². The quantitative estimate of drug-likeness (QED) is 0.441. The first-order valence-electron chi connectivity index (χ1n) is 2.24. The minimum atomic E-state index is 0.158. The van der Waals surface area contributed by atoms with Crippen molar-refractivity contribution in [2.24, 2.45) is 0 Å². The molecule has 2 atom stereocenters. The van der Waals surface area contributed by atoms with Crippen molar-refractivity contribution in [1.29, 1.82) is 0 Å². The van der Waals surface area contributed by atoms with Gasteiger partial charge in [0.15, 0.2) is 0 Å². The number of hydrogen-bond donors (Lipinski definition) is 0. The van der Waals surface area contributed by atoms with Gasteiger partial charge in [-0.1, -0.05) is 31.7 Å². The van der Waals surface area contributed by atoms with Gasteiger partial charge in [-0.15, -0.1) is 8.93 Å². The SMILES string of the molecule is PP1C=CC=CC1. The summed E-state index contributed by atoms with van der Waals surface area (Å²) in [5.74, 6) is 2.25. The second-order valence-corrected chi connectivity index (χ2v) is 5.15. The topological polar surface area (TPSA) is 0 Å². The Labute approximate surface area is 47.5 Å². The van der Waals surface area contributed by atoms with E-state index in [4.69, 9.17) is 0 Å². The third kappa shape index (κ3) is 1.72. The lowest BCUT2D eigenvalue weighted by Crippen LogP contribution is -1.70. The molecule has 7 heavy (non-hydrogen) atoms. The average Bonchev–Trinajstić information content (AvgIpc) is 1.69. The Kier molecular flexibility index (Phi) is 2.03. The Morgan fingerprint density at radius 1 is 1.43 bits per heavy atom. The molecule has 0 spiro atoms. The van der Waals surface area contributed by atoms with E-state index in [1.807, 2.05) is 0 Å². The van der Waals surface area contributed by atoms with E-state index in [0.29, 0.717) is 0 Å². The minimum absolute atomic E-state index is 0.158. The minimum Gasteiger partial charge on any atom is -0.107 e. The third-order valence-corrected chi connectivity index (χ3v) is 3.18. The molecule has 1 heterocycles. The van der Waals surface area contributed by atoms with Gasteiger partial charge in [0.25, 0.3) is 0 Å². The Bertz CT molecular complexity index is 105. The van der Waals surface area contributed by atoms with E-state index in [1.165, 1.54) is 6.16 Å². The van der Waals surface area contributed by atoms with Gasteiger partial charge in [-0.2, -0.15) is 0 Å². The second kappa shape index (κ2) is 2.60. The fourth-order valence-corrected chi connectivity index (χ4v) is 1.95. The summed E-state index contributed by atoms with van der Waals surface area (Å²) in [5.41, 5.74) is 0. The van der Waals surface area contributed by atoms with Crippen molar-refractivity contribution in [2.45, 2.75) is 0 Å². The van der Waals surface area contributed by atoms with Crippen LogP contribution in [0.4, 0.5) is 0 Å². The molecule has 0 bridgehead atoms. The highest BCUT2D eigenvalue weighted by Crippen LogP contribution is 2.47. The summed E-state index contributed by atoms with van der Waals surface area (Å²) < 4.78 is 0. The summed E-state index contributed by atoms with van der Waals surface area (Å²) in [6.45, 7) is 0. The van der Waals surface area contributed by atoms with Crippen LogP contribution in [0.2, 0.25) is 0 Å². The average molecular weight is 130 g/mol. The molecular weight excluding hydrogens is 122 g/mol. The van der Waals surface area contributed by atoms with Crippen LogP contribution in [0, 0.1) is 0 Å². The van der Waals surface area contributed by atoms with Crippen molar-refractivity contribution in [2.75, 3.05) is 6.16 Å². The van der Waals surface area contributed by atoms with Gasteiger partial charge in [-0.3, -0.25) is 0 Å². The van der Waals surface area contributed by atoms with Gasteiger partial charge in [0, 0.05) is 0 Å². The zero-order valence-corrected chi connectivity index (χ0v) is 6.09. The van der Waals surface area contributed by atoms with Crippen LogP contribution in [0.5, 0.6) is 0 Å². The van der Waals surface area contributed by atoms with E-state index in [1.54, 1.807) is 0 Å². The molecular formula is C5H8P2. The molecule has 2 heteroatoms. The molecule has 0 nitrogen and oxygen atoms in total. The van der Waals surface area contributed by atoms with Gasteiger partial charge in [-0.25, -0.2) is 0 Å². The first-order valence-corrected chi connectivity index (χ1v) is 5.46. The van der Waals surface area contributed by atoms with Gasteiger partial charge >= 0.3 is 0 Å². The summed E-state index contributed by atoms with van der Waals surface area (Å²) in [4.78, 5) is 0. The van der Waals surface area contributed by atoms with Crippen LogP contribution in [0.25, 0.3) is 0 Å². The van der Waals surface area contributed by atoms with Crippen LogP contribution >= 0.6 is 16.5 Å². The lowest BCUT2D eigenvalue weighted by Gasteiger charge is -2.02. The van der Waals surface area contributed by atoms with Crippen LogP contribution in [0.1, 0.15) is 0 Å². The van der Waals surface area contributed by atoms with E-state index in [9.17, 15) is 0 Å². The van der Waals surface area contributed by atoms with Crippen molar-refractivity contribution in [1.82, 2.24) is 0 Å². The maximum absolute atomic E-state index is 2.83. The van der Waals surface area contributed by atoms with Crippen molar-refractivity contribution in [3.63, 3.8) is 0 Å². The molecule has 1 aliphatic heterocycles. The first-order chi connectivity index (χ1) is 3.39. The van der Waals surface area contributed by atoms with Crippen molar-refractivity contribution in [3.8, 4) is 0 Å². The standard InChI is InChI=1S/C5H8P2/c6-7-4-2-1-3-5-7/h1-4H,5-6H2. The van der Waals surface area contributed by atoms with Gasteiger partial charge in [0.2, 0.25) is 0 Å². The smallest absolute Gasteiger partial charge is 0.00728 e. The van der Waals surface area contributed by atoms with Gasteiger partial charge in [0.1, 0.15) is 0 Å². The Morgan fingerprint density at radius 3 is 2.57 bits per heavy atom. The highest BCUT2D eigenvalue weighted by Gasteiger charge is 1.92. The van der Waals surface area contributed by atoms with E-state index in [-0.39, 0.29) is 7.61 Å².